The summed E-state index contributed by atoms with van der Waals surface area (Å²) in [5.74, 6) is -3.61. The molecular formula is C23H26ClFN4O5. The molecule has 3 saturated heterocycles. The smallest absolute Gasteiger partial charge is 0.246 e. The first-order chi connectivity index (χ1) is 16.1. The predicted molar refractivity (Wildman–Crippen MR) is 118 cm³/mol. The molecular weight excluding hydrogens is 467 g/mol. The van der Waals surface area contributed by atoms with Crippen molar-refractivity contribution < 1.29 is 28.4 Å². The Labute approximate surface area is 201 Å². The Bertz CT molecular complexity index is 1080. The van der Waals surface area contributed by atoms with E-state index in [-0.39, 0.29) is 49.5 Å². The Balaban J connectivity index is 1.52. The standard InChI is InChI=1S/C23H26ClFN4O5/c1-2-28-18(30)11-23(21(28)33)12-19(31)29(22(23)34)8-7-27-6-5-14(20(26)32)10-17(27)13-3-4-15(24)16(25)9-13/h3-4,9,14,17H,2,5-8,10-12H2,1H3,(H2,26,32). The van der Waals surface area contributed by atoms with Crippen LogP contribution in [0.4, 0.5) is 4.39 Å². The van der Waals surface area contributed by atoms with E-state index in [2.05, 4.69) is 0 Å². The van der Waals surface area contributed by atoms with Crippen LogP contribution in [0.25, 0.3) is 0 Å². The van der Waals surface area contributed by atoms with Crippen molar-refractivity contribution in [1.82, 2.24) is 14.7 Å². The number of rotatable bonds is 6. The quantitative estimate of drug-likeness (QED) is 0.471. The van der Waals surface area contributed by atoms with E-state index in [1.165, 1.54) is 12.1 Å². The lowest BCUT2D eigenvalue weighted by molar-refractivity contribution is -0.147. The molecule has 3 unspecified atom stereocenters. The maximum Gasteiger partial charge on any atom is 0.246 e. The molecule has 0 radical (unpaired) electrons. The fraction of sp³-hybridized carbons (Fsp3) is 0.522. The van der Waals surface area contributed by atoms with Crippen molar-refractivity contribution in [1.29, 1.82) is 0 Å². The highest BCUT2D eigenvalue weighted by atomic mass is 35.5. The first kappa shape index (κ1) is 24.3. The zero-order valence-electron chi connectivity index (χ0n) is 18.8. The molecule has 2 N–H and O–H groups in total. The van der Waals surface area contributed by atoms with E-state index >= 15 is 0 Å². The van der Waals surface area contributed by atoms with Crippen LogP contribution in [0.15, 0.2) is 18.2 Å². The van der Waals surface area contributed by atoms with E-state index in [1.54, 1.807) is 13.0 Å². The Hall–Kier alpha value is -2.85. The van der Waals surface area contributed by atoms with Gasteiger partial charge in [-0.05, 0) is 44.0 Å². The van der Waals surface area contributed by atoms with Crippen LogP contribution >= 0.6 is 11.6 Å². The number of carbonyl (C=O) groups excluding carboxylic acids is 5. The highest BCUT2D eigenvalue weighted by molar-refractivity contribution is 6.30. The largest absolute Gasteiger partial charge is 0.369 e. The molecule has 3 heterocycles. The number of benzene rings is 1. The van der Waals surface area contributed by atoms with Crippen LogP contribution in [0.5, 0.6) is 0 Å². The molecule has 1 aromatic rings. The third kappa shape index (κ3) is 3.98. The van der Waals surface area contributed by atoms with E-state index in [4.69, 9.17) is 17.3 Å². The number of amides is 5. The summed E-state index contributed by atoms with van der Waals surface area (Å²) in [5.41, 5.74) is 4.49. The van der Waals surface area contributed by atoms with E-state index in [0.29, 0.717) is 24.9 Å². The van der Waals surface area contributed by atoms with Crippen molar-refractivity contribution in [3.05, 3.63) is 34.6 Å². The molecule has 34 heavy (non-hydrogen) atoms. The van der Waals surface area contributed by atoms with E-state index < -0.39 is 40.8 Å². The van der Waals surface area contributed by atoms with E-state index in [1.807, 2.05) is 4.90 Å². The van der Waals surface area contributed by atoms with Crippen LogP contribution in [-0.2, 0) is 24.0 Å². The number of imide groups is 2. The summed E-state index contributed by atoms with van der Waals surface area (Å²) >= 11 is 5.82. The first-order valence-corrected chi connectivity index (χ1v) is 11.6. The zero-order chi connectivity index (χ0) is 24.8. The highest BCUT2D eigenvalue weighted by Gasteiger charge is 2.63. The van der Waals surface area contributed by atoms with Gasteiger partial charge >= 0.3 is 0 Å². The van der Waals surface area contributed by atoms with Crippen molar-refractivity contribution in [3.8, 4) is 0 Å². The number of primary amides is 1. The Morgan fingerprint density at radius 3 is 2.35 bits per heavy atom. The number of carbonyl (C=O) groups is 5. The molecule has 3 fully saturated rings. The van der Waals surface area contributed by atoms with Crippen molar-refractivity contribution in [2.45, 2.75) is 38.6 Å². The molecule has 0 aliphatic carbocycles. The van der Waals surface area contributed by atoms with Gasteiger partial charge in [0.1, 0.15) is 11.2 Å². The van der Waals surface area contributed by atoms with Crippen LogP contribution in [0, 0.1) is 17.2 Å². The number of piperidine rings is 1. The van der Waals surface area contributed by atoms with Gasteiger partial charge in [-0.3, -0.25) is 38.7 Å². The number of nitrogens with two attached hydrogens (primary N) is 1. The number of hydrogen-bond acceptors (Lipinski definition) is 6. The van der Waals surface area contributed by atoms with Gasteiger partial charge < -0.3 is 5.73 Å². The van der Waals surface area contributed by atoms with Crippen LogP contribution in [0.2, 0.25) is 5.02 Å². The summed E-state index contributed by atoms with van der Waals surface area (Å²) in [6.07, 6.45) is 0.243. The zero-order valence-corrected chi connectivity index (χ0v) is 19.5. The van der Waals surface area contributed by atoms with Crippen LogP contribution in [-0.4, -0.2) is 70.4 Å². The Kier molecular flexibility index (Phi) is 6.48. The van der Waals surface area contributed by atoms with E-state index in [0.717, 1.165) is 9.80 Å². The Morgan fingerprint density at radius 1 is 1.12 bits per heavy atom. The van der Waals surface area contributed by atoms with Crippen LogP contribution in [0.3, 0.4) is 0 Å². The molecule has 182 valence electrons. The summed E-state index contributed by atoms with van der Waals surface area (Å²) in [7, 11) is 0. The summed E-state index contributed by atoms with van der Waals surface area (Å²) < 4.78 is 14.1. The normalized spacial score (nSPS) is 28.0. The van der Waals surface area contributed by atoms with Crippen molar-refractivity contribution in [3.63, 3.8) is 0 Å². The van der Waals surface area contributed by atoms with Gasteiger partial charge in [-0.1, -0.05) is 17.7 Å². The third-order valence-electron chi connectivity index (χ3n) is 7.19. The topological polar surface area (TPSA) is 121 Å². The molecule has 3 atom stereocenters. The fourth-order valence-corrected chi connectivity index (χ4v) is 5.41. The second-order valence-corrected chi connectivity index (χ2v) is 9.49. The minimum Gasteiger partial charge on any atom is -0.369 e. The lowest BCUT2D eigenvalue weighted by Crippen LogP contribution is -2.46. The van der Waals surface area contributed by atoms with Gasteiger partial charge in [0.2, 0.25) is 29.5 Å². The molecule has 1 spiro atoms. The van der Waals surface area contributed by atoms with Gasteiger partial charge in [0.15, 0.2) is 0 Å². The lowest BCUT2D eigenvalue weighted by atomic mass is 9.84. The molecule has 5 amide bonds. The third-order valence-corrected chi connectivity index (χ3v) is 7.49. The maximum atomic E-state index is 14.1. The average Bonchev–Trinajstić information content (AvgIpc) is 3.18. The van der Waals surface area contributed by atoms with Gasteiger partial charge in [0.05, 0.1) is 17.9 Å². The minimum absolute atomic E-state index is 0.0147. The lowest BCUT2D eigenvalue weighted by Gasteiger charge is -2.39. The van der Waals surface area contributed by atoms with Gasteiger partial charge in [-0.15, -0.1) is 0 Å². The molecule has 9 nitrogen and oxygen atoms in total. The van der Waals surface area contributed by atoms with Crippen molar-refractivity contribution in [2.75, 3.05) is 26.2 Å². The fourth-order valence-electron chi connectivity index (χ4n) is 5.29. The second-order valence-electron chi connectivity index (χ2n) is 9.08. The molecule has 4 rings (SSSR count). The average molecular weight is 493 g/mol. The number of hydrogen-bond donors (Lipinski definition) is 1. The Morgan fingerprint density at radius 2 is 1.76 bits per heavy atom. The van der Waals surface area contributed by atoms with Gasteiger partial charge in [-0.2, -0.15) is 0 Å². The second kappa shape index (κ2) is 9.07. The van der Waals surface area contributed by atoms with Gasteiger partial charge in [-0.25, -0.2) is 4.39 Å². The number of likely N-dealkylation sites (tertiary alicyclic amines) is 3. The minimum atomic E-state index is -1.64. The maximum absolute atomic E-state index is 14.1. The van der Waals surface area contributed by atoms with Crippen molar-refractivity contribution in [2.24, 2.45) is 17.1 Å². The van der Waals surface area contributed by atoms with E-state index in [9.17, 15) is 28.4 Å². The molecule has 11 heteroatoms. The number of nitrogens with zero attached hydrogens (tertiary/aromatic N) is 3. The summed E-state index contributed by atoms with van der Waals surface area (Å²) in [4.78, 5) is 66.7. The predicted octanol–water partition coefficient (Wildman–Crippen LogP) is 1.24. The molecule has 0 bridgehead atoms. The molecule has 0 aromatic heterocycles. The van der Waals surface area contributed by atoms with Gasteiger partial charge in [0.25, 0.3) is 0 Å². The number of halogens is 2. The van der Waals surface area contributed by atoms with Crippen LogP contribution in [0.1, 0.15) is 44.2 Å². The first-order valence-electron chi connectivity index (χ1n) is 11.3. The van der Waals surface area contributed by atoms with Gasteiger partial charge in [0, 0.05) is 31.6 Å². The summed E-state index contributed by atoms with van der Waals surface area (Å²) in [6.45, 7) is 2.51. The molecule has 0 saturated carbocycles. The monoisotopic (exact) mass is 492 g/mol. The summed E-state index contributed by atoms with van der Waals surface area (Å²) in [5, 5.41) is -0.0204. The SMILES string of the molecule is CCN1C(=O)CC2(CC(=O)N(CCN3CCC(C(N)=O)CC3c3ccc(Cl)c(F)c3)C2=O)C1=O. The summed E-state index contributed by atoms with van der Waals surface area (Å²) in [6, 6.07) is 4.06. The highest BCUT2D eigenvalue weighted by Crippen LogP contribution is 2.43. The molecule has 1 aromatic carbocycles. The van der Waals surface area contributed by atoms with Crippen molar-refractivity contribution >= 4 is 41.1 Å². The molecule has 3 aliphatic rings. The molecule has 3 aliphatic heterocycles. The van der Waals surface area contributed by atoms with Crippen LogP contribution < -0.4 is 5.73 Å².